The Kier molecular flexibility index (Phi) is 5.12. The topological polar surface area (TPSA) is 49.4 Å². The minimum absolute atomic E-state index is 0.0238. The standard InChI is InChI=1S/C20H21FN2O2/c1-14-3-2-4-18(11-14)23-13-16(12-19(23)24)20(25)22-10-9-15-5-7-17(21)8-6-15/h2-8,11,16H,9-10,12-13H2,1H3,(H,22,25). The first-order valence-electron chi connectivity index (χ1n) is 8.42. The lowest BCUT2D eigenvalue weighted by molar-refractivity contribution is -0.126. The summed E-state index contributed by atoms with van der Waals surface area (Å²) < 4.78 is 12.9. The summed E-state index contributed by atoms with van der Waals surface area (Å²) in [5.74, 6) is -0.732. The molecule has 0 aromatic heterocycles. The van der Waals surface area contributed by atoms with Gasteiger partial charge in [0.25, 0.3) is 0 Å². The molecule has 3 rings (SSSR count). The van der Waals surface area contributed by atoms with Crippen LogP contribution in [0, 0.1) is 18.7 Å². The van der Waals surface area contributed by atoms with Crippen molar-refractivity contribution in [3.63, 3.8) is 0 Å². The van der Waals surface area contributed by atoms with Gasteiger partial charge in [-0.1, -0.05) is 24.3 Å². The van der Waals surface area contributed by atoms with Gasteiger partial charge in [0.15, 0.2) is 0 Å². The number of nitrogens with one attached hydrogen (secondary N) is 1. The maximum atomic E-state index is 12.9. The van der Waals surface area contributed by atoms with Gasteiger partial charge < -0.3 is 10.2 Å². The third kappa shape index (κ3) is 4.24. The minimum atomic E-state index is -0.332. The first kappa shape index (κ1) is 17.1. The molecule has 1 N–H and O–H groups in total. The van der Waals surface area contributed by atoms with Gasteiger partial charge in [-0.2, -0.15) is 0 Å². The second kappa shape index (κ2) is 7.47. The number of rotatable bonds is 5. The van der Waals surface area contributed by atoms with E-state index >= 15 is 0 Å². The SMILES string of the molecule is Cc1cccc(N2CC(C(=O)NCCc3ccc(F)cc3)CC2=O)c1. The molecule has 1 fully saturated rings. The van der Waals surface area contributed by atoms with E-state index in [1.807, 2.05) is 31.2 Å². The van der Waals surface area contributed by atoms with E-state index in [1.165, 1.54) is 12.1 Å². The molecular weight excluding hydrogens is 319 g/mol. The highest BCUT2D eigenvalue weighted by Crippen LogP contribution is 2.25. The Bertz CT molecular complexity index is 774. The van der Waals surface area contributed by atoms with Crippen LogP contribution in [0.1, 0.15) is 17.5 Å². The van der Waals surface area contributed by atoms with E-state index in [2.05, 4.69) is 5.32 Å². The van der Waals surface area contributed by atoms with Crippen LogP contribution in [0.25, 0.3) is 0 Å². The van der Waals surface area contributed by atoms with E-state index in [1.54, 1.807) is 17.0 Å². The molecule has 25 heavy (non-hydrogen) atoms. The molecule has 5 heteroatoms. The summed E-state index contributed by atoms with van der Waals surface area (Å²) >= 11 is 0. The molecule has 2 aromatic carbocycles. The van der Waals surface area contributed by atoms with E-state index in [0.717, 1.165) is 16.8 Å². The van der Waals surface area contributed by atoms with E-state index in [9.17, 15) is 14.0 Å². The van der Waals surface area contributed by atoms with Gasteiger partial charge in [0, 0.05) is 25.2 Å². The highest BCUT2D eigenvalue weighted by molar-refractivity contribution is 6.00. The Balaban J connectivity index is 1.53. The number of hydrogen-bond acceptors (Lipinski definition) is 2. The zero-order chi connectivity index (χ0) is 17.8. The number of halogens is 1. The maximum Gasteiger partial charge on any atom is 0.227 e. The first-order valence-corrected chi connectivity index (χ1v) is 8.42. The molecule has 1 unspecified atom stereocenters. The van der Waals surface area contributed by atoms with Crippen LogP contribution in [0.2, 0.25) is 0 Å². The molecular formula is C20H21FN2O2. The number of carbonyl (C=O) groups excluding carboxylic acids is 2. The van der Waals surface area contributed by atoms with Crippen LogP contribution in [0.15, 0.2) is 48.5 Å². The summed E-state index contributed by atoms with van der Waals surface area (Å²) in [4.78, 5) is 26.2. The van der Waals surface area contributed by atoms with Crippen molar-refractivity contribution in [3.8, 4) is 0 Å². The molecule has 0 aliphatic carbocycles. The zero-order valence-electron chi connectivity index (χ0n) is 14.2. The predicted octanol–water partition coefficient (Wildman–Crippen LogP) is 2.85. The lowest BCUT2D eigenvalue weighted by atomic mass is 10.1. The quantitative estimate of drug-likeness (QED) is 0.910. The molecule has 4 nitrogen and oxygen atoms in total. The number of aryl methyl sites for hydroxylation is 1. The lowest BCUT2D eigenvalue weighted by Gasteiger charge is -2.17. The van der Waals surface area contributed by atoms with Gasteiger partial charge in [0.1, 0.15) is 5.82 Å². The number of nitrogens with zero attached hydrogens (tertiary/aromatic N) is 1. The summed E-state index contributed by atoms with van der Waals surface area (Å²) in [6.07, 6.45) is 0.866. The van der Waals surface area contributed by atoms with Gasteiger partial charge >= 0.3 is 0 Å². The number of benzene rings is 2. The van der Waals surface area contributed by atoms with Crippen molar-refractivity contribution in [1.29, 1.82) is 0 Å². The molecule has 0 radical (unpaired) electrons. The summed E-state index contributed by atoms with van der Waals surface area (Å²) in [5, 5.41) is 2.88. The molecule has 0 saturated carbocycles. The molecule has 130 valence electrons. The average molecular weight is 340 g/mol. The van der Waals surface area contributed by atoms with Gasteiger partial charge in [-0.3, -0.25) is 9.59 Å². The van der Waals surface area contributed by atoms with Crippen LogP contribution >= 0.6 is 0 Å². The summed E-state index contributed by atoms with van der Waals surface area (Å²) in [6, 6.07) is 14.0. The fraction of sp³-hybridized carbons (Fsp3) is 0.300. The minimum Gasteiger partial charge on any atom is -0.355 e. The Morgan fingerprint density at radius 2 is 2.00 bits per heavy atom. The Morgan fingerprint density at radius 1 is 1.24 bits per heavy atom. The smallest absolute Gasteiger partial charge is 0.227 e. The number of carbonyl (C=O) groups is 2. The van der Waals surface area contributed by atoms with Gasteiger partial charge in [-0.05, 0) is 48.7 Å². The van der Waals surface area contributed by atoms with Crippen LogP contribution in [0.3, 0.4) is 0 Å². The van der Waals surface area contributed by atoms with Gasteiger partial charge in [0.05, 0.1) is 5.92 Å². The summed E-state index contributed by atoms with van der Waals surface area (Å²) in [7, 11) is 0. The van der Waals surface area contributed by atoms with Crippen molar-refractivity contribution in [2.45, 2.75) is 19.8 Å². The molecule has 1 heterocycles. The molecule has 0 bridgehead atoms. The van der Waals surface area contributed by atoms with Crippen molar-refractivity contribution in [1.82, 2.24) is 5.32 Å². The molecule has 1 aliphatic rings. The van der Waals surface area contributed by atoms with Crippen molar-refractivity contribution >= 4 is 17.5 Å². The van der Waals surface area contributed by atoms with Crippen LogP contribution in [-0.2, 0) is 16.0 Å². The van der Waals surface area contributed by atoms with E-state index < -0.39 is 0 Å². The van der Waals surface area contributed by atoms with Crippen LogP contribution in [0.4, 0.5) is 10.1 Å². The lowest BCUT2D eigenvalue weighted by Crippen LogP contribution is -2.34. The van der Waals surface area contributed by atoms with Crippen molar-refractivity contribution in [2.75, 3.05) is 18.0 Å². The second-order valence-corrected chi connectivity index (χ2v) is 6.41. The number of amides is 2. The first-order chi connectivity index (χ1) is 12.0. The van der Waals surface area contributed by atoms with Crippen molar-refractivity contribution in [2.24, 2.45) is 5.92 Å². The second-order valence-electron chi connectivity index (χ2n) is 6.41. The third-order valence-electron chi connectivity index (χ3n) is 4.44. The van der Waals surface area contributed by atoms with E-state index in [-0.39, 0.29) is 30.0 Å². The fourth-order valence-electron chi connectivity index (χ4n) is 3.05. The monoisotopic (exact) mass is 340 g/mol. The number of hydrogen-bond donors (Lipinski definition) is 1. The van der Waals surface area contributed by atoms with Crippen LogP contribution in [0.5, 0.6) is 0 Å². The Labute approximate surface area is 146 Å². The van der Waals surface area contributed by atoms with Crippen molar-refractivity contribution < 1.29 is 14.0 Å². The molecule has 0 spiro atoms. The van der Waals surface area contributed by atoms with E-state index in [0.29, 0.717) is 19.5 Å². The van der Waals surface area contributed by atoms with Crippen LogP contribution in [-0.4, -0.2) is 24.9 Å². The highest BCUT2D eigenvalue weighted by atomic mass is 19.1. The zero-order valence-corrected chi connectivity index (χ0v) is 14.2. The highest BCUT2D eigenvalue weighted by Gasteiger charge is 2.34. The number of anilines is 1. The molecule has 1 saturated heterocycles. The third-order valence-corrected chi connectivity index (χ3v) is 4.44. The molecule has 1 atom stereocenters. The summed E-state index contributed by atoms with van der Waals surface area (Å²) in [5.41, 5.74) is 2.88. The van der Waals surface area contributed by atoms with Crippen molar-refractivity contribution in [3.05, 3.63) is 65.5 Å². The van der Waals surface area contributed by atoms with Crippen LogP contribution < -0.4 is 10.2 Å². The Morgan fingerprint density at radius 3 is 2.72 bits per heavy atom. The molecule has 1 aliphatic heterocycles. The Hall–Kier alpha value is -2.69. The largest absolute Gasteiger partial charge is 0.355 e. The molecule has 2 amide bonds. The predicted molar refractivity (Wildman–Crippen MR) is 94.8 cm³/mol. The normalized spacial score (nSPS) is 17.0. The van der Waals surface area contributed by atoms with Gasteiger partial charge in [-0.15, -0.1) is 0 Å². The van der Waals surface area contributed by atoms with Gasteiger partial charge in [0.2, 0.25) is 11.8 Å². The average Bonchev–Trinajstić information content (AvgIpc) is 2.98. The fourth-order valence-corrected chi connectivity index (χ4v) is 3.05. The molecule has 2 aromatic rings. The van der Waals surface area contributed by atoms with Gasteiger partial charge in [-0.25, -0.2) is 4.39 Å². The summed E-state index contributed by atoms with van der Waals surface area (Å²) in [6.45, 7) is 2.86. The maximum absolute atomic E-state index is 12.9. The van der Waals surface area contributed by atoms with E-state index in [4.69, 9.17) is 0 Å².